The highest BCUT2D eigenvalue weighted by molar-refractivity contribution is 7.90. The molecule has 9 nitrogen and oxygen atoms in total. The van der Waals surface area contributed by atoms with Crippen LogP contribution in [-0.2, 0) is 10.2 Å². The van der Waals surface area contributed by atoms with Crippen LogP contribution < -0.4 is 9.44 Å². The van der Waals surface area contributed by atoms with Crippen LogP contribution in [0.3, 0.4) is 0 Å². The molecular weight excluding hydrogens is 478 g/mol. The quantitative estimate of drug-likeness (QED) is 0.375. The summed E-state index contributed by atoms with van der Waals surface area (Å²) in [6.45, 7) is 1.22. The third-order valence-corrected chi connectivity index (χ3v) is 6.95. The van der Waals surface area contributed by atoms with E-state index >= 15 is 4.39 Å². The number of benzene rings is 1. The summed E-state index contributed by atoms with van der Waals surface area (Å²) in [6.07, 6.45) is 8.38. The number of carbonyl (C=O) groups excluding carboxylic acids is 1. The van der Waals surface area contributed by atoms with Crippen molar-refractivity contribution in [2.75, 3.05) is 10.8 Å². The van der Waals surface area contributed by atoms with Crippen LogP contribution in [0.15, 0.2) is 43.0 Å². The summed E-state index contributed by atoms with van der Waals surface area (Å²) in [5.41, 5.74) is 0.186. The minimum atomic E-state index is -4.34. The van der Waals surface area contributed by atoms with Crippen LogP contribution in [0.1, 0.15) is 47.4 Å². The molecule has 0 amide bonds. The average molecular weight is 499 g/mol. The van der Waals surface area contributed by atoms with Gasteiger partial charge in [-0.3, -0.25) is 9.10 Å². The van der Waals surface area contributed by atoms with Gasteiger partial charge < -0.3 is 4.98 Å². The van der Waals surface area contributed by atoms with Crippen molar-refractivity contribution in [1.29, 1.82) is 0 Å². The Hall–Kier alpha value is -3.77. The van der Waals surface area contributed by atoms with Gasteiger partial charge in [0.25, 0.3) is 10.2 Å². The predicted molar refractivity (Wildman–Crippen MR) is 125 cm³/mol. The van der Waals surface area contributed by atoms with Gasteiger partial charge in [-0.1, -0.05) is 0 Å². The lowest BCUT2D eigenvalue weighted by Crippen LogP contribution is -2.37. The fourth-order valence-corrected chi connectivity index (χ4v) is 4.73. The number of H-pyrrole nitrogens is 1. The third-order valence-electron chi connectivity index (χ3n) is 5.88. The Morgan fingerprint density at radius 2 is 1.83 bits per heavy atom. The monoisotopic (exact) mass is 498 g/mol. The van der Waals surface area contributed by atoms with Crippen LogP contribution in [0.5, 0.6) is 0 Å². The lowest BCUT2D eigenvalue weighted by Gasteiger charge is -2.21. The first-order valence-electron chi connectivity index (χ1n) is 10.8. The zero-order chi connectivity index (χ0) is 24.9. The van der Waals surface area contributed by atoms with E-state index in [1.54, 1.807) is 24.7 Å². The fourth-order valence-electron chi connectivity index (χ4n) is 3.95. The Kier molecular flexibility index (Phi) is 5.56. The Labute approximate surface area is 199 Å². The van der Waals surface area contributed by atoms with Crippen molar-refractivity contribution in [3.8, 4) is 11.1 Å². The maximum atomic E-state index is 15.3. The summed E-state index contributed by atoms with van der Waals surface area (Å²) in [4.78, 5) is 29.2. The minimum Gasteiger partial charge on any atom is -0.345 e. The van der Waals surface area contributed by atoms with Crippen molar-refractivity contribution >= 4 is 32.7 Å². The van der Waals surface area contributed by atoms with Crippen molar-refractivity contribution in [2.24, 2.45) is 5.14 Å². The van der Waals surface area contributed by atoms with Gasteiger partial charge in [-0.25, -0.2) is 28.9 Å². The van der Waals surface area contributed by atoms with Crippen LogP contribution in [0.4, 0.5) is 14.5 Å². The van der Waals surface area contributed by atoms with E-state index in [9.17, 15) is 17.6 Å². The highest BCUT2D eigenvalue weighted by Crippen LogP contribution is 2.38. The number of anilines is 1. The molecule has 0 bridgehead atoms. The number of aromatic amines is 1. The molecule has 0 atom stereocenters. The predicted octanol–water partition coefficient (Wildman–Crippen LogP) is 3.44. The van der Waals surface area contributed by atoms with Crippen LogP contribution >= 0.6 is 0 Å². The summed E-state index contributed by atoms with van der Waals surface area (Å²) in [7, 11) is -4.34. The normalized spacial score (nSPS) is 13.8. The number of ketones is 1. The smallest absolute Gasteiger partial charge is 0.299 e. The maximum absolute atomic E-state index is 15.3. The molecule has 1 aliphatic carbocycles. The Morgan fingerprint density at radius 1 is 1.14 bits per heavy atom. The molecule has 0 aliphatic heterocycles. The number of rotatable bonds is 7. The van der Waals surface area contributed by atoms with E-state index in [4.69, 9.17) is 5.14 Å². The number of hydrogen-bond donors (Lipinski definition) is 2. The van der Waals surface area contributed by atoms with Crippen LogP contribution in [0.2, 0.25) is 0 Å². The molecule has 4 aromatic rings. The molecule has 3 heterocycles. The zero-order valence-corrected chi connectivity index (χ0v) is 19.3. The first kappa shape index (κ1) is 23.0. The molecule has 3 aromatic heterocycles. The number of carbonyl (C=O) groups is 1. The number of hydrogen-bond acceptors (Lipinski definition) is 6. The number of aromatic nitrogens is 4. The number of fused-ring (bicyclic) bond motifs is 1. The zero-order valence-electron chi connectivity index (χ0n) is 18.5. The topological polar surface area (TPSA) is 135 Å². The van der Waals surface area contributed by atoms with Gasteiger partial charge in [-0.05, 0) is 38.0 Å². The van der Waals surface area contributed by atoms with Crippen LogP contribution in [-0.4, -0.2) is 40.7 Å². The van der Waals surface area contributed by atoms with Crippen LogP contribution in [0.25, 0.3) is 22.2 Å². The molecule has 1 aliphatic rings. The standard InChI is InChI=1S/C23H20F2N6O3S/c1-2-31(35(26,33)34)18-6-5-17(24)19(20(18)25)21(32)16-11-30-23-15(16)7-13(8-29-23)14-9-27-22(28-10-14)12-3-4-12/h5-12H,2-4H2,1H3,(H,29,30)(H2,26,33,34). The largest absolute Gasteiger partial charge is 0.345 e. The molecule has 0 unspecified atom stereocenters. The summed E-state index contributed by atoms with van der Waals surface area (Å²) in [6, 6.07) is 3.41. The number of nitrogens with one attached hydrogen (secondary N) is 1. The second-order valence-corrected chi connectivity index (χ2v) is 9.69. The van der Waals surface area contributed by atoms with Gasteiger partial charge in [0, 0.05) is 59.3 Å². The van der Waals surface area contributed by atoms with Gasteiger partial charge in [0.2, 0.25) is 5.78 Å². The fraction of sp³-hybridized carbons (Fsp3) is 0.217. The lowest BCUT2D eigenvalue weighted by atomic mass is 10.00. The number of pyridine rings is 1. The molecule has 1 fully saturated rings. The summed E-state index contributed by atoms with van der Waals surface area (Å²) < 4.78 is 54.3. The van der Waals surface area contributed by atoms with Gasteiger partial charge in [0.15, 0.2) is 5.82 Å². The van der Waals surface area contributed by atoms with E-state index in [0.717, 1.165) is 30.8 Å². The summed E-state index contributed by atoms with van der Waals surface area (Å²) in [5, 5.41) is 5.49. The molecule has 0 spiro atoms. The first-order chi connectivity index (χ1) is 16.7. The minimum absolute atomic E-state index is 0.0292. The molecule has 1 saturated carbocycles. The molecular formula is C23H20F2N6O3S. The van der Waals surface area contributed by atoms with Gasteiger partial charge in [-0.2, -0.15) is 8.42 Å². The summed E-state index contributed by atoms with van der Waals surface area (Å²) in [5.74, 6) is -2.25. The molecule has 3 N–H and O–H groups in total. The second kappa shape index (κ2) is 8.47. The molecule has 5 rings (SSSR count). The van der Waals surface area contributed by atoms with Gasteiger partial charge in [-0.15, -0.1) is 0 Å². The molecule has 0 radical (unpaired) electrons. The van der Waals surface area contributed by atoms with Gasteiger partial charge >= 0.3 is 0 Å². The van der Waals surface area contributed by atoms with E-state index in [1.165, 1.54) is 13.1 Å². The van der Waals surface area contributed by atoms with Gasteiger partial charge in [0.1, 0.15) is 17.3 Å². The van der Waals surface area contributed by atoms with Crippen LogP contribution in [0, 0.1) is 11.6 Å². The van der Waals surface area contributed by atoms with Crippen molar-refractivity contribution in [2.45, 2.75) is 25.7 Å². The second-order valence-electron chi connectivity index (χ2n) is 8.22. The van der Waals surface area contributed by atoms with Crippen molar-refractivity contribution < 1.29 is 22.0 Å². The number of nitrogens with two attached hydrogens (primary N) is 1. The molecule has 180 valence electrons. The highest BCUT2D eigenvalue weighted by Gasteiger charge is 2.29. The lowest BCUT2D eigenvalue weighted by molar-refractivity contribution is 0.103. The van der Waals surface area contributed by atoms with Gasteiger partial charge in [0.05, 0.1) is 11.3 Å². The van der Waals surface area contributed by atoms with E-state index in [2.05, 4.69) is 19.9 Å². The Balaban J connectivity index is 1.57. The third kappa shape index (κ3) is 4.15. The van der Waals surface area contributed by atoms with E-state index in [1.807, 2.05) is 0 Å². The number of halogens is 2. The van der Waals surface area contributed by atoms with Crippen molar-refractivity contribution in [1.82, 2.24) is 19.9 Å². The SMILES string of the molecule is CCN(c1ccc(F)c(C(=O)c2c[nH]c3ncc(-c4cnc(C5CC5)nc4)cc23)c1F)S(N)(=O)=O. The Bertz CT molecular complexity index is 1570. The molecule has 0 saturated heterocycles. The average Bonchev–Trinajstić information content (AvgIpc) is 3.59. The van der Waals surface area contributed by atoms with E-state index < -0.39 is 38.9 Å². The molecule has 35 heavy (non-hydrogen) atoms. The molecule has 12 heteroatoms. The highest BCUT2D eigenvalue weighted by atomic mass is 32.2. The van der Waals surface area contributed by atoms with E-state index in [-0.39, 0.29) is 12.1 Å². The molecule has 1 aromatic carbocycles. The first-order valence-corrected chi connectivity index (χ1v) is 12.3. The maximum Gasteiger partial charge on any atom is 0.299 e. The van der Waals surface area contributed by atoms with Crippen molar-refractivity contribution in [3.63, 3.8) is 0 Å². The summed E-state index contributed by atoms with van der Waals surface area (Å²) >= 11 is 0. The van der Waals surface area contributed by atoms with E-state index in [0.29, 0.717) is 32.4 Å². The number of nitrogens with zero attached hydrogens (tertiary/aromatic N) is 4. The van der Waals surface area contributed by atoms with Crippen molar-refractivity contribution in [3.05, 3.63) is 71.6 Å². The Morgan fingerprint density at radius 3 is 2.46 bits per heavy atom.